The first-order chi connectivity index (χ1) is 8.68. The standard InChI is InChI=1S/C14H29N3O/c1-12(2)11-17-14(15)16-9-10-18-13-7-5-3-4-6-8-13/h12-13H,3-11H2,1-2H3,(H3,15,16,17). The number of nitrogens with two attached hydrogens (primary N) is 1. The van der Waals surface area contributed by atoms with Crippen molar-refractivity contribution >= 4 is 5.96 Å². The zero-order valence-electron chi connectivity index (χ0n) is 12.0. The van der Waals surface area contributed by atoms with Crippen LogP contribution >= 0.6 is 0 Å². The molecule has 18 heavy (non-hydrogen) atoms. The molecule has 0 atom stereocenters. The summed E-state index contributed by atoms with van der Waals surface area (Å²) in [5, 5.41) is 3.10. The molecule has 0 saturated heterocycles. The summed E-state index contributed by atoms with van der Waals surface area (Å²) in [6, 6.07) is 0. The second-order valence-corrected chi connectivity index (χ2v) is 5.53. The van der Waals surface area contributed by atoms with Gasteiger partial charge < -0.3 is 15.8 Å². The Morgan fingerprint density at radius 2 is 1.94 bits per heavy atom. The van der Waals surface area contributed by atoms with Crippen molar-refractivity contribution in [1.82, 2.24) is 5.32 Å². The molecule has 106 valence electrons. The van der Waals surface area contributed by atoms with Gasteiger partial charge in [-0.25, -0.2) is 0 Å². The second kappa shape index (κ2) is 9.20. The van der Waals surface area contributed by atoms with E-state index in [1.165, 1.54) is 38.5 Å². The van der Waals surface area contributed by atoms with Gasteiger partial charge in [0.05, 0.1) is 12.7 Å². The minimum absolute atomic E-state index is 0.461. The fourth-order valence-electron chi connectivity index (χ4n) is 2.15. The third-order valence-electron chi connectivity index (χ3n) is 3.19. The number of hydrogen-bond donors (Lipinski definition) is 2. The second-order valence-electron chi connectivity index (χ2n) is 5.53. The Hall–Kier alpha value is -0.770. The Bertz CT molecular complexity index is 233. The van der Waals surface area contributed by atoms with Gasteiger partial charge in [-0.05, 0) is 18.8 Å². The number of nitrogens with zero attached hydrogens (tertiary/aromatic N) is 1. The van der Waals surface area contributed by atoms with Crippen LogP contribution in [0.5, 0.6) is 0 Å². The molecule has 0 aromatic rings. The predicted octanol–water partition coefficient (Wildman–Crippen LogP) is 2.29. The molecule has 4 nitrogen and oxygen atoms in total. The van der Waals surface area contributed by atoms with Crippen LogP contribution < -0.4 is 11.1 Å². The van der Waals surface area contributed by atoms with Crippen LogP contribution in [0.1, 0.15) is 52.4 Å². The van der Waals surface area contributed by atoms with Crippen LogP contribution in [0.15, 0.2) is 4.99 Å². The third-order valence-corrected chi connectivity index (χ3v) is 3.19. The van der Waals surface area contributed by atoms with E-state index < -0.39 is 0 Å². The van der Waals surface area contributed by atoms with Gasteiger partial charge in [0.2, 0.25) is 0 Å². The molecule has 1 aliphatic carbocycles. The van der Waals surface area contributed by atoms with Crippen LogP contribution in [0.4, 0.5) is 0 Å². The van der Waals surface area contributed by atoms with Gasteiger partial charge in [0, 0.05) is 13.1 Å². The van der Waals surface area contributed by atoms with Gasteiger partial charge in [-0.3, -0.25) is 4.99 Å². The molecule has 0 amide bonds. The monoisotopic (exact) mass is 255 g/mol. The van der Waals surface area contributed by atoms with Crippen LogP contribution in [0, 0.1) is 5.92 Å². The molecule has 0 heterocycles. The maximum atomic E-state index is 5.87. The molecular weight excluding hydrogens is 226 g/mol. The van der Waals surface area contributed by atoms with Crippen LogP contribution in [0.3, 0.4) is 0 Å². The summed E-state index contributed by atoms with van der Waals surface area (Å²) in [6.45, 7) is 6.52. The van der Waals surface area contributed by atoms with Gasteiger partial charge in [-0.2, -0.15) is 0 Å². The Morgan fingerprint density at radius 3 is 2.56 bits per heavy atom. The summed E-state index contributed by atoms with van der Waals surface area (Å²) in [7, 11) is 0. The smallest absolute Gasteiger partial charge is 0.188 e. The van der Waals surface area contributed by atoms with E-state index in [1.807, 2.05) is 0 Å². The lowest BCUT2D eigenvalue weighted by Gasteiger charge is -2.15. The molecule has 0 aromatic heterocycles. The summed E-state index contributed by atoms with van der Waals surface area (Å²) < 4.78 is 5.87. The number of guanidine groups is 1. The first-order valence-corrected chi connectivity index (χ1v) is 7.34. The molecule has 1 fully saturated rings. The zero-order valence-corrected chi connectivity index (χ0v) is 12.0. The van der Waals surface area contributed by atoms with Crippen molar-refractivity contribution in [2.24, 2.45) is 16.6 Å². The normalized spacial score (nSPS) is 18.9. The maximum Gasteiger partial charge on any atom is 0.188 e. The van der Waals surface area contributed by atoms with Crippen molar-refractivity contribution in [1.29, 1.82) is 0 Å². The lowest BCUT2D eigenvalue weighted by molar-refractivity contribution is 0.0468. The van der Waals surface area contributed by atoms with Crippen LogP contribution in [0.2, 0.25) is 0 Å². The minimum Gasteiger partial charge on any atom is -0.376 e. The summed E-state index contributed by atoms with van der Waals surface area (Å²) in [5.74, 6) is 1.08. The number of aliphatic imine (C=N–C) groups is 1. The highest BCUT2D eigenvalue weighted by molar-refractivity contribution is 5.77. The summed E-state index contributed by atoms with van der Waals surface area (Å²) in [4.78, 5) is 4.25. The van der Waals surface area contributed by atoms with Crippen molar-refractivity contribution < 1.29 is 4.74 Å². The highest BCUT2D eigenvalue weighted by Gasteiger charge is 2.11. The molecule has 0 bridgehead atoms. The highest BCUT2D eigenvalue weighted by atomic mass is 16.5. The molecule has 0 aromatic carbocycles. The summed E-state index contributed by atoms with van der Waals surface area (Å²) in [5.41, 5.74) is 5.75. The number of ether oxygens (including phenoxy) is 1. The largest absolute Gasteiger partial charge is 0.376 e. The Kier molecular flexibility index (Phi) is 7.81. The van der Waals surface area contributed by atoms with E-state index in [1.54, 1.807) is 0 Å². The van der Waals surface area contributed by atoms with E-state index in [-0.39, 0.29) is 0 Å². The lowest BCUT2D eigenvalue weighted by Crippen LogP contribution is -2.35. The van der Waals surface area contributed by atoms with E-state index in [9.17, 15) is 0 Å². The fraction of sp³-hybridized carbons (Fsp3) is 0.929. The average molecular weight is 255 g/mol. The molecule has 1 rings (SSSR count). The minimum atomic E-state index is 0.461. The Labute approximate surface area is 111 Å². The molecule has 4 heteroatoms. The van der Waals surface area contributed by atoms with Gasteiger partial charge in [-0.15, -0.1) is 0 Å². The van der Waals surface area contributed by atoms with Crippen LogP contribution in [0.25, 0.3) is 0 Å². The van der Waals surface area contributed by atoms with Crippen molar-refractivity contribution in [3.63, 3.8) is 0 Å². The van der Waals surface area contributed by atoms with Crippen LogP contribution in [-0.2, 0) is 4.74 Å². The fourth-order valence-corrected chi connectivity index (χ4v) is 2.15. The van der Waals surface area contributed by atoms with Gasteiger partial charge in [0.15, 0.2) is 5.96 Å². The van der Waals surface area contributed by atoms with E-state index in [2.05, 4.69) is 24.2 Å². The molecule has 1 aliphatic rings. The number of hydrogen-bond acceptors (Lipinski definition) is 2. The topological polar surface area (TPSA) is 59.6 Å². The Morgan fingerprint density at radius 1 is 1.28 bits per heavy atom. The predicted molar refractivity (Wildman–Crippen MR) is 76.8 cm³/mol. The highest BCUT2D eigenvalue weighted by Crippen LogP contribution is 2.19. The Balaban J connectivity index is 2.04. The molecular formula is C14H29N3O. The van der Waals surface area contributed by atoms with Crippen molar-refractivity contribution in [2.45, 2.75) is 58.5 Å². The molecule has 3 N–H and O–H groups in total. The zero-order chi connectivity index (χ0) is 13.2. The lowest BCUT2D eigenvalue weighted by atomic mass is 10.1. The molecule has 0 radical (unpaired) electrons. The van der Waals surface area contributed by atoms with Crippen LogP contribution in [-0.4, -0.2) is 31.8 Å². The van der Waals surface area contributed by atoms with E-state index >= 15 is 0 Å². The maximum absolute atomic E-state index is 5.87. The average Bonchev–Trinajstić information content (AvgIpc) is 2.60. The number of nitrogens with one attached hydrogen (secondary N) is 1. The SMILES string of the molecule is CC(C)CN=C(N)NCCOC1CCCCCC1. The first-order valence-electron chi connectivity index (χ1n) is 7.34. The van der Waals surface area contributed by atoms with E-state index in [4.69, 9.17) is 10.5 Å². The number of rotatable bonds is 6. The van der Waals surface area contributed by atoms with Gasteiger partial charge in [0.25, 0.3) is 0 Å². The van der Waals surface area contributed by atoms with Gasteiger partial charge >= 0.3 is 0 Å². The summed E-state index contributed by atoms with van der Waals surface area (Å²) in [6.07, 6.45) is 8.27. The third kappa shape index (κ3) is 7.54. The van der Waals surface area contributed by atoms with Crippen molar-refractivity contribution in [3.8, 4) is 0 Å². The van der Waals surface area contributed by atoms with Gasteiger partial charge in [-0.1, -0.05) is 39.5 Å². The molecule has 0 unspecified atom stereocenters. The summed E-state index contributed by atoms with van der Waals surface area (Å²) >= 11 is 0. The van der Waals surface area contributed by atoms with Gasteiger partial charge in [0.1, 0.15) is 0 Å². The molecule has 0 spiro atoms. The first kappa shape index (κ1) is 15.3. The molecule has 1 saturated carbocycles. The van der Waals surface area contributed by atoms with E-state index in [0.29, 0.717) is 18.0 Å². The van der Waals surface area contributed by atoms with E-state index in [0.717, 1.165) is 19.7 Å². The van der Waals surface area contributed by atoms with Crippen molar-refractivity contribution in [2.75, 3.05) is 19.7 Å². The molecule has 0 aliphatic heterocycles. The quantitative estimate of drug-likeness (QED) is 0.331. The van der Waals surface area contributed by atoms with Crippen molar-refractivity contribution in [3.05, 3.63) is 0 Å².